The molecule has 0 amide bonds. The van der Waals surface area contributed by atoms with Gasteiger partial charge in [-0.2, -0.15) is 0 Å². The highest BCUT2D eigenvalue weighted by Gasteiger charge is 2.18. The standard InChI is InChI=1S/C12H19BrN2O3S/c1-4-14-9(2)8-15-19(16,17)12-6-5-10(18-3)7-11(12)13/h5-7,9,14-15H,4,8H2,1-3H3/t9-/m1/s1. The van der Waals surface area contributed by atoms with Crippen LogP contribution in [0.2, 0.25) is 0 Å². The molecule has 1 aromatic carbocycles. The fraction of sp³-hybridized carbons (Fsp3) is 0.500. The summed E-state index contributed by atoms with van der Waals surface area (Å²) in [6.45, 7) is 5.05. The monoisotopic (exact) mass is 350 g/mol. The van der Waals surface area contributed by atoms with Gasteiger partial charge in [0.1, 0.15) is 5.75 Å². The summed E-state index contributed by atoms with van der Waals surface area (Å²) in [5.74, 6) is 0.604. The molecule has 0 aliphatic carbocycles. The van der Waals surface area contributed by atoms with E-state index in [2.05, 4.69) is 26.0 Å². The second-order valence-corrected chi connectivity index (χ2v) is 6.70. The van der Waals surface area contributed by atoms with Crippen molar-refractivity contribution in [2.24, 2.45) is 0 Å². The highest BCUT2D eigenvalue weighted by Crippen LogP contribution is 2.26. The average molecular weight is 351 g/mol. The zero-order valence-electron chi connectivity index (χ0n) is 11.2. The van der Waals surface area contributed by atoms with Gasteiger partial charge in [0.25, 0.3) is 0 Å². The highest BCUT2D eigenvalue weighted by atomic mass is 79.9. The van der Waals surface area contributed by atoms with Gasteiger partial charge in [0.05, 0.1) is 12.0 Å². The van der Waals surface area contributed by atoms with E-state index < -0.39 is 10.0 Å². The first kappa shape index (κ1) is 16.4. The van der Waals surface area contributed by atoms with Crippen LogP contribution in [0.5, 0.6) is 5.75 Å². The zero-order chi connectivity index (χ0) is 14.5. The fourth-order valence-corrected chi connectivity index (χ4v) is 3.74. The number of halogens is 1. The van der Waals surface area contributed by atoms with Gasteiger partial charge in [-0.05, 0) is 47.6 Å². The minimum absolute atomic E-state index is 0.0804. The Kier molecular flexibility index (Phi) is 6.25. The summed E-state index contributed by atoms with van der Waals surface area (Å²) in [4.78, 5) is 0.206. The maximum Gasteiger partial charge on any atom is 0.241 e. The molecule has 7 heteroatoms. The Morgan fingerprint density at radius 2 is 2.11 bits per heavy atom. The Bertz CT molecular complexity index is 520. The molecule has 2 N–H and O–H groups in total. The lowest BCUT2D eigenvalue weighted by Crippen LogP contribution is -2.38. The molecule has 108 valence electrons. The normalized spacial score (nSPS) is 13.3. The van der Waals surface area contributed by atoms with Crippen LogP contribution in [0.15, 0.2) is 27.6 Å². The molecule has 0 fully saturated rings. The SMILES string of the molecule is CCN[C@H](C)CNS(=O)(=O)c1ccc(OC)cc1Br. The van der Waals surface area contributed by atoms with Gasteiger partial charge < -0.3 is 10.1 Å². The van der Waals surface area contributed by atoms with Gasteiger partial charge in [0.2, 0.25) is 10.0 Å². The number of sulfonamides is 1. The van der Waals surface area contributed by atoms with Crippen LogP contribution in [0, 0.1) is 0 Å². The molecule has 0 radical (unpaired) electrons. The van der Waals surface area contributed by atoms with Crippen LogP contribution in [0.25, 0.3) is 0 Å². The van der Waals surface area contributed by atoms with E-state index >= 15 is 0 Å². The molecule has 0 bridgehead atoms. The van der Waals surface area contributed by atoms with Crippen molar-refractivity contribution in [2.45, 2.75) is 24.8 Å². The quantitative estimate of drug-likeness (QED) is 0.785. The number of nitrogens with one attached hydrogen (secondary N) is 2. The van der Waals surface area contributed by atoms with Crippen LogP contribution < -0.4 is 14.8 Å². The number of hydrogen-bond donors (Lipinski definition) is 2. The average Bonchev–Trinajstić information content (AvgIpc) is 2.36. The summed E-state index contributed by atoms with van der Waals surface area (Å²) in [6.07, 6.45) is 0. The van der Waals surface area contributed by atoms with Crippen molar-refractivity contribution in [3.8, 4) is 5.75 Å². The minimum atomic E-state index is -3.52. The van der Waals surface area contributed by atoms with Crippen molar-refractivity contribution < 1.29 is 13.2 Å². The van der Waals surface area contributed by atoms with E-state index in [1.807, 2.05) is 13.8 Å². The third-order valence-corrected chi connectivity index (χ3v) is 4.96. The number of ether oxygens (including phenoxy) is 1. The Labute approximate surface area is 122 Å². The lowest BCUT2D eigenvalue weighted by molar-refractivity contribution is 0.414. The Balaban J connectivity index is 2.83. The van der Waals surface area contributed by atoms with Crippen LogP contribution in [0.4, 0.5) is 0 Å². The molecule has 1 rings (SSSR count). The van der Waals surface area contributed by atoms with Gasteiger partial charge in [-0.3, -0.25) is 0 Å². The van der Waals surface area contributed by atoms with Gasteiger partial charge in [0, 0.05) is 17.1 Å². The molecule has 0 aromatic heterocycles. The van der Waals surface area contributed by atoms with Crippen molar-refractivity contribution in [1.82, 2.24) is 10.0 Å². The van der Waals surface area contributed by atoms with Gasteiger partial charge in [0.15, 0.2) is 0 Å². The number of rotatable bonds is 7. The first-order valence-corrected chi connectivity index (χ1v) is 8.25. The molecule has 0 aliphatic rings. The summed E-state index contributed by atoms with van der Waals surface area (Å²) < 4.78 is 32.4. The minimum Gasteiger partial charge on any atom is -0.497 e. The van der Waals surface area contributed by atoms with Crippen LogP contribution >= 0.6 is 15.9 Å². The van der Waals surface area contributed by atoms with E-state index in [9.17, 15) is 8.42 Å². The Morgan fingerprint density at radius 1 is 1.42 bits per heavy atom. The highest BCUT2D eigenvalue weighted by molar-refractivity contribution is 9.10. The Hall–Kier alpha value is -0.630. The number of likely N-dealkylation sites (N-methyl/N-ethyl adjacent to an activating group) is 1. The molecular weight excluding hydrogens is 332 g/mol. The van der Waals surface area contributed by atoms with E-state index in [1.54, 1.807) is 12.1 Å². The molecule has 0 saturated carbocycles. The van der Waals surface area contributed by atoms with Gasteiger partial charge in [-0.25, -0.2) is 13.1 Å². The number of methoxy groups -OCH3 is 1. The fourth-order valence-electron chi connectivity index (χ4n) is 1.56. The number of hydrogen-bond acceptors (Lipinski definition) is 4. The predicted molar refractivity (Wildman–Crippen MR) is 79.0 cm³/mol. The summed E-state index contributed by atoms with van der Waals surface area (Å²) >= 11 is 3.25. The summed E-state index contributed by atoms with van der Waals surface area (Å²) in [5.41, 5.74) is 0. The molecule has 0 unspecified atom stereocenters. The smallest absolute Gasteiger partial charge is 0.241 e. The largest absolute Gasteiger partial charge is 0.497 e. The predicted octanol–water partition coefficient (Wildman–Crippen LogP) is 1.73. The summed E-state index contributed by atoms with van der Waals surface area (Å²) in [5, 5.41) is 3.14. The van der Waals surface area contributed by atoms with E-state index in [4.69, 9.17) is 4.74 Å². The van der Waals surface area contributed by atoms with Gasteiger partial charge >= 0.3 is 0 Å². The maximum absolute atomic E-state index is 12.2. The van der Waals surface area contributed by atoms with Crippen molar-refractivity contribution in [3.05, 3.63) is 22.7 Å². The van der Waals surface area contributed by atoms with Crippen molar-refractivity contribution in [1.29, 1.82) is 0 Å². The van der Waals surface area contributed by atoms with E-state index in [-0.39, 0.29) is 10.9 Å². The lowest BCUT2D eigenvalue weighted by Gasteiger charge is -2.14. The second-order valence-electron chi connectivity index (χ2n) is 4.11. The second kappa shape index (κ2) is 7.23. The summed E-state index contributed by atoms with van der Waals surface area (Å²) in [6, 6.07) is 4.84. The molecule has 0 saturated heterocycles. The summed E-state index contributed by atoms with van der Waals surface area (Å²) in [7, 11) is -1.99. The van der Waals surface area contributed by atoms with Gasteiger partial charge in [-0.1, -0.05) is 6.92 Å². The van der Waals surface area contributed by atoms with Crippen molar-refractivity contribution in [3.63, 3.8) is 0 Å². The molecule has 1 atom stereocenters. The van der Waals surface area contributed by atoms with Crippen LogP contribution in [0.3, 0.4) is 0 Å². The van der Waals surface area contributed by atoms with E-state index in [1.165, 1.54) is 13.2 Å². The molecule has 0 spiro atoms. The van der Waals surface area contributed by atoms with Crippen molar-refractivity contribution in [2.75, 3.05) is 20.2 Å². The first-order chi connectivity index (χ1) is 8.90. The third kappa shape index (κ3) is 4.76. The van der Waals surface area contributed by atoms with Gasteiger partial charge in [-0.15, -0.1) is 0 Å². The molecule has 0 heterocycles. The van der Waals surface area contributed by atoms with Crippen LogP contribution in [-0.2, 0) is 10.0 Å². The van der Waals surface area contributed by atoms with Crippen molar-refractivity contribution >= 4 is 26.0 Å². The molecule has 19 heavy (non-hydrogen) atoms. The molecule has 1 aromatic rings. The number of benzene rings is 1. The molecule has 5 nitrogen and oxygen atoms in total. The molecule has 0 aliphatic heterocycles. The van der Waals surface area contributed by atoms with Crippen LogP contribution in [0.1, 0.15) is 13.8 Å². The van der Waals surface area contributed by atoms with E-state index in [0.717, 1.165) is 6.54 Å². The first-order valence-electron chi connectivity index (χ1n) is 5.97. The zero-order valence-corrected chi connectivity index (χ0v) is 13.6. The lowest BCUT2D eigenvalue weighted by atomic mass is 10.3. The van der Waals surface area contributed by atoms with Crippen LogP contribution in [-0.4, -0.2) is 34.7 Å². The topological polar surface area (TPSA) is 67.4 Å². The molecular formula is C12H19BrN2O3S. The Morgan fingerprint density at radius 3 is 2.63 bits per heavy atom. The maximum atomic E-state index is 12.2. The third-order valence-electron chi connectivity index (χ3n) is 2.56. The van der Waals surface area contributed by atoms with E-state index in [0.29, 0.717) is 16.8 Å².